The molecule has 8 heteroatoms. The predicted octanol–water partition coefficient (Wildman–Crippen LogP) is 2.73. The summed E-state index contributed by atoms with van der Waals surface area (Å²) in [5.74, 6) is -0.434. The molecule has 2 aromatic rings. The van der Waals surface area contributed by atoms with E-state index in [-0.39, 0.29) is 10.8 Å². The zero-order chi connectivity index (χ0) is 17.5. The molecule has 0 aliphatic heterocycles. The van der Waals surface area contributed by atoms with Gasteiger partial charge >= 0.3 is 5.97 Å². The van der Waals surface area contributed by atoms with Crippen LogP contribution in [0.25, 0.3) is 0 Å². The van der Waals surface area contributed by atoms with Crippen molar-refractivity contribution in [3.05, 3.63) is 40.1 Å². The number of amides is 1. The third-order valence-electron chi connectivity index (χ3n) is 3.01. The maximum Gasteiger partial charge on any atom is 0.345 e. The zero-order valence-electron chi connectivity index (χ0n) is 13.2. The molecule has 2 rings (SSSR count). The van der Waals surface area contributed by atoms with E-state index in [0.29, 0.717) is 35.3 Å². The van der Waals surface area contributed by atoms with Crippen LogP contribution in [0.2, 0.25) is 0 Å². The lowest BCUT2D eigenvalue weighted by molar-refractivity contribution is 0.0702. The van der Waals surface area contributed by atoms with Gasteiger partial charge in [-0.05, 0) is 24.3 Å². The normalized spacial score (nSPS) is 10.2. The van der Waals surface area contributed by atoms with E-state index >= 15 is 0 Å². The van der Waals surface area contributed by atoms with Gasteiger partial charge in [0, 0.05) is 18.9 Å². The molecule has 0 aliphatic carbocycles. The van der Waals surface area contributed by atoms with Gasteiger partial charge in [0.2, 0.25) is 0 Å². The second-order valence-corrected chi connectivity index (χ2v) is 5.71. The van der Waals surface area contributed by atoms with Gasteiger partial charge in [-0.1, -0.05) is 0 Å². The summed E-state index contributed by atoms with van der Waals surface area (Å²) in [6, 6.07) is 7.86. The standard InChI is InChI=1S/C16H17NO6S/c1-21-7-8-23-12-9-10(3-4-11(12)22-2)17-15(18)13-5-6-14(24-13)16(19)20/h3-6,9H,7-8H2,1-2H3,(H,17,18)(H,19,20). The molecule has 0 atom stereocenters. The molecule has 7 nitrogen and oxygen atoms in total. The highest BCUT2D eigenvalue weighted by atomic mass is 32.1. The van der Waals surface area contributed by atoms with Crippen LogP contribution < -0.4 is 14.8 Å². The van der Waals surface area contributed by atoms with Gasteiger partial charge < -0.3 is 24.6 Å². The van der Waals surface area contributed by atoms with Gasteiger partial charge in [0.25, 0.3) is 5.91 Å². The smallest absolute Gasteiger partial charge is 0.345 e. The maximum atomic E-state index is 12.2. The van der Waals surface area contributed by atoms with E-state index in [9.17, 15) is 9.59 Å². The molecule has 0 spiro atoms. The van der Waals surface area contributed by atoms with Crippen molar-refractivity contribution in [3.63, 3.8) is 0 Å². The number of aromatic carboxylic acids is 1. The fourth-order valence-corrected chi connectivity index (χ4v) is 2.61. The lowest BCUT2D eigenvalue weighted by Crippen LogP contribution is -2.11. The molecular weight excluding hydrogens is 334 g/mol. The number of hydrogen-bond acceptors (Lipinski definition) is 6. The minimum atomic E-state index is -1.06. The quantitative estimate of drug-likeness (QED) is 0.710. The number of nitrogens with one attached hydrogen (secondary N) is 1. The number of carbonyl (C=O) groups excluding carboxylic acids is 1. The fourth-order valence-electron chi connectivity index (χ4n) is 1.87. The van der Waals surface area contributed by atoms with Gasteiger partial charge in [-0.15, -0.1) is 11.3 Å². The van der Waals surface area contributed by atoms with E-state index in [1.165, 1.54) is 19.2 Å². The minimum Gasteiger partial charge on any atom is -0.493 e. The van der Waals surface area contributed by atoms with Gasteiger partial charge in [-0.2, -0.15) is 0 Å². The first kappa shape index (κ1) is 17.8. The summed E-state index contributed by atoms with van der Waals surface area (Å²) in [6.07, 6.45) is 0. The van der Waals surface area contributed by atoms with Gasteiger partial charge in [0.15, 0.2) is 11.5 Å². The molecule has 1 heterocycles. The second-order valence-electron chi connectivity index (χ2n) is 4.63. The van der Waals surface area contributed by atoms with E-state index in [2.05, 4.69) is 5.32 Å². The van der Waals surface area contributed by atoms with E-state index in [4.69, 9.17) is 19.3 Å². The van der Waals surface area contributed by atoms with E-state index < -0.39 is 5.97 Å². The monoisotopic (exact) mass is 351 g/mol. The van der Waals surface area contributed by atoms with Crippen LogP contribution in [0.4, 0.5) is 5.69 Å². The van der Waals surface area contributed by atoms with E-state index in [1.54, 1.807) is 25.3 Å². The van der Waals surface area contributed by atoms with Crippen molar-refractivity contribution in [1.82, 2.24) is 0 Å². The number of methoxy groups -OCH3 is 2. The summed E-state index contributed by atoms with van der Waals surface area (Å²) in [4.78, 5) is 23.5. The molecule has 0 unspecified atom stereocenters. The Hall–Kier alpha value is -2.58. The zero-order valence-corrected chi connectivity index (χ0v) is 14.0. The Bertz CT molecular complexity index is 727. The van der Waals surface area contributed by atoms with Crippen LogP contribution in [0.5, 0.6) is 11.5 Å². The highest BCUT2D eigenvalue weighted by Crippen LogP contribution is 2.30. The molecule has 1 amide bonds. The molecule has 24 heavy (non-hydrogen) atoms. The Morgan fingerprint density at radius 1 is 1.08 bits per heavy atom. The van der Waals surface area contributed by atoms with Crippen LogP contribution in [0.15, 0.2) is 30.3 Å². The Morgan fingerprint density at radius 3 is 2.46 bits per heavy atom. The van der Waals surface area contributed by atoms with Crippen molar-refractivity contribution >= 4 is 28.9 Å². The number of benzene rings is 1. The highest BCUT2D eigenvalue weighted by Gasteiger charge is 2.14. The van der Waals surface area contributed by atoms with Crippen LogP contribution in [-0.2, 0) is 4.74 Å². The molecule has 0 aliphatic rings. The molecule has 0 saturated carbocycles. The predicted molar refractivity (Wildman–Crippen MR) is 89.6 cm³/mol. The van der Waals surface area contributed by atoms with Gasteiger partial charge in [0.05, 0.1) is 18.6 Å². The molecule has 1 aromatic heterocycles. The topological polar surface area (TPSA) is 94.1 Å². The third kappa shape index (κ3) is 4.46. The first-order valence-electron chi connectivity index (χ1n) is 6.99. The molecule has 0 fully saturated rings. The summed E-state index contributed by atoms with van der Waals surface area (Å²) in [7, 11) is 3.10. The van der Waals surface area contributed by atoms with Crippen LogP contribution in [0.3, 0.4) is 0 Å². The van der Waals surface area contributed by atoms with Crippen molar-refractivity contribution in [3.8, 4) is 11.5 Å². The molecule has 0 radical (unpaired) electrons. The summed E-state index contributed by atoms with van der Waals surface area (Å²) >= 11 is 0.913. The number of carboxylic acid groups (broad SMARTS) is 1. The Balaban J connectivity index is 2.11. The Labute approximate surface area is 142 Å². The number of carbonyl (C=O) groups is 2. The number of ether oxygens (including phenoxy) is 3. The molecule has 0 saturated heterocycles. The van der Waals surface area contributed by atoms with Crippen LogP contribution >= 0.6 is 11.3 Å². The van der Waals surface area contributed by atoms with E-state index in [0.717, 1.165) is 11.3 Å². The lowest BCUT2D eigenvalue weighted by atomic mass is 10.2. The number of anilines is 1. The summed E-state index contributed by atoms with van der Waals surface area (Å²) in [6.45, 7) is 0.768. The first-order valence-corrected chi connectivity index (χ1v) is 7.81. The first-order chi connectivity index (χ1) is 11.5. The number of carboxylic acids is 1. The van der Waals surface area contributed by atoms with Crippen LogP contribution in [-0.4, -0.2) is 44.4 Å². The van der Waals surface area contributed by atoms with Crippen molar-refractivity contribution in [2.45, 2.75) is 0 Å². The molecule has 0 bridgehead atoms. The Morgan fingerprint density at radius 2 is 1.83 bits per heavy atom. The van der Waals surface area contributed by atoms with Crippen molar-refractivity contribution in [2.24, 2.45) is 0 Å². The molecule has 1 aromatic carbocycles. The van der Waals surface area contributed by atoms with Gasteiger partial charge in [-0.3, -0.25) is 4.79 Å². The van der Waals surface area contributed by atoms with Crippen molar-refractivity contribution in [1.29, 1.82) is 0 Å². The maximum absolute atomic E-state index is 12.2. The van der Waals surface area contributed by atoms with E-state index in [1.807, 2.05) is 0 Å². The van der Waals surface area contributed by atoms with Crippen LogP contribution in [0, 0.1) is 0 Å². The van der Waals surface area contributed by atoms with Crippen LogP contribution in [0.1, 0.15) is 19.3 Å². The lowest BCUT2D eigenvalue weighted by Gasteiger charge is -2.12. The third-order valence-corrected chi connectivity index (χ3v) is 4.08. The van der Waals surface area contributed by atoms with Crippen molar-refractivity contribution < 1.29 is 28.9 Å². The average Bonchev–Trinajstić information content (AvgIpc) is 3.06. The second kappa shape index (κ2) is 8.32. The molecule has 128 valence electrons. The van der Waals surface area contributed by atoms with Gasteiger partial charge in [0.1, 0.15) is 11.5 Å². The minimum absolute atomic E-state index is 0.110. The average molecular weight is 351 g/mol. The summed E-state index contributed by atoms with van der Waals surface area (Å²) in [5, 5.41) is 11.6. The van der Waals surface area contributed by atoms with Gasteiger partial charge in [-0.25, -0.2) is 4.79 Å². The molecular formula is C16H17NO6S. The fraction of sp³-hybridized carbons (Fsp3) is 0.250. The summed E-state index contributed by atoms with van der Waals surface area (Å²) in [5.41, 5.74) is 0.512. The Kier molecular flexibility index (Phi) is 6.16. The van der Waals surface area contributed by atoms with Crippen molar-refractivity contribution in [2.75, 3.05) is 32.8 Å². The number of hydrogen-bond donors (Lipinski definition) is 2. The highest BCUT2D eigenvalue weighted by molar-refractivity contribution is 7.15. The largest absolute Gasteiger partial charge is 0.493 e. The SMILES string of the molecule is COCCOc1cc(NC(=O)c2ccc(C(=O)O)s2)ccc1OC. The number of thiophene rings is 1. The summed E-state index contributed by atoms with van der Waals surface area (Å²) < 4.78 is 15.7. The molecule has 2 N–H and O–H groups in total. The number of rotatable bonds is 8.